The molecule has 0 fully saturated rings. The van der Waals surface area contributed by atoms with Crippen molar-refractivity contribution in [1.29, 1.82) is 0 Å². The highest BCUT2D eigenvalue weighted by molar-refractivity contribution is 6.31. The van der Waals surface area contributed by atoms with Crippen LogP contribution in [0.15, 0.2) is 36.4 Å². The van der Waals surface area contributed by atoms with Gasteiger partial charge in [0.1, 0.15) is 0 Å². The number of fused-ring (bicyclic) bond motifs is 1. The summed E-state index contributed by atoms with van der Waals surface area (Å²) in [5.41, 5.74) is 6.68. The molecule has 0 atom stereocenters. The van der Waals surface area contributed by atoms with Crippen LogP contribution in [0.5, 0.6) is 0 Å². The van der Waals surface area contributed by atoms with Crippen LogP contribution in [0.3, 0.4) is 0 Å². The van der Waals surface area contributed by atoms with Gasteiger partial charge in [0.25, 0.3) is 0 Å². The van der Waals surface area contributed by atoms with Gasteiger partial charge in [0.2, 0.25) is 0 Å². The Hall–Kier alpha value is -1.31. The van der Waals surface area contributed by atoms with E-state index in [9.17, 15) is 0 Å². The minimum atomic E-state index is 0.809. The normalized spacial score (nSPS) is 14.1. The summed E-state index contributed by atoms with van der Waals surface area (Å²) >= 11 is 6.36. The van der Waals surface area contributed by atoms with Gasteiger partial charge in [-0.05, 0) is 66.6 Å². The molecule has 2 aromatic carbocycles. The van der Waals surface area contributed by atoms with Crippen LogP contribution in [-0.2, 0) is 19.4 Å². The Morgan fingerprint density at radius 2 is 1.65 bits per heavy atom. The molecule has 0 radical (unpaired) electrons. The van der Waals surface area contributed by atoms with E-state index in [0.29, 0.717) is 0 Å². The zero-order valence-electron chi connectivity index (χ0n) is 11.9. The van der Waals surface area contributed by atoms with Crippen molar-refractivity contribution >= 4 is 11.6 Å². The smallest absolute Gasteiger partial charge is 0.0457 e. The lowest BCUT2D eigenvalue weighted by Crippen LogP contribution is -2.05. The number of benzene rings is 2. The van der Waals surface area contributed by atoms with Crippen LogP contribution >= 0.6 is 11.6 Å². The molecule has 1 aliphatic rings. The van der Waals surface area contributed by atoms with Crippen LogP contribution in [0.2, 0.25) is 5.02 Å². The van der Waals surface area contributed by atoms with Crippen molar-refractivity contribution in [1.82, 2.24) is 5.32 Å². The molecular formula is C18H20ClN. The van der Waals surface area contributed by atoms with Gasteiger partial charge < -0.3 is 5.32 Å². The fourth-order valence-corrected chi connectivity index (χ4v) is 3.22. The van der Waals surface area contributed by atoms with E-state index in [0.717, 1.165) is 17.1 Å². The number of rotatable bonds is 3. The first-order valence-corrected chi connectivity index (χ1v) is 7.71. The van der Waals surface area contributed by atoms with Crippen LogP contribution in [0, 0.1) is 0 Å². The third kappa shape index (κ3) is 2.74. The highest BCUT2D eigenvalue weighted by atomic mass is 35.5. The Labute approximate surface area is 126 Å². The molecule has 0 saturated carbocycles. The lowest BCUT2D eigenvalue weighted by Gasteiger charge is -2.17. The second kappa shape index (κ2) is 5.99. The number of aryl methyl sites for hydroxylation is 2. The van der Waals surface area contributed by atoms with E-state index in [-0.39, 0.29) is 0 Å². The van der Waals surface area contributed by atoms with Gasteiger partial charge in [0.05, 0.1) is 0 Å². The van der Waals surface area contributed by atoms with Gasteiger partial charge in [0, 0.05) is 11.6 Å². The Kier molecular flexibility index (Phi) is 4.09. The van der Waals surface area contributed by atoms with Crippen molar-refractivity contribution in [3.05, 3.63) is 58.1 Å². The number of hydrogen-bond donors (Lipinski definition) is 1. The molecular weight excluding hydrogens is 266 g/mol. The number of nitrogens with one attached hydrogen (secondary N) is 1. The van der Waals surface area contributed by atoms with Crippen molar-refractivity contribution in [3.8, 4) is 11.1 Å². The van der Waals surface area contributed by atoms with Crippen LogP contribution in [-0.4, -0.2) is 7.05 Å². The molecule has 0 saturated heterocycles. The second-order valence-electron chi connectivity index (χ2n) is 5.53. The fourth-order valence-electron chi connectivity index (χ4n) is 2.97. The van der Waals surface area contributed by atoms with Gasteiger partial charge in [-0.15, -0.1) is 0 Å². The summed E-state index contributed by atoms with van der Waals surface area (Å²) in [7, 11) is 1.94. The minimum absolute atomic E-state index is 0.809. The minimum Gasteiger partial charge on any atom is -0.316 e. The maximum Gasteiger partial charge on any atom is 0.0457 e. The molecule has 0 aromatic heterocycles. The molecule has 1 N–H and O–H groups in total. The molecule has 0 bridgehead atoms. The molecule has 0 heterocycles. The van der Waals surface area contributed by atoms with Gasteiger partial charge in [-0.3, -0.25) is 0 Å². The van der Waals surface area contributed by atoms with E-state index in [1.165, 1.54) is 47.9 Å². The van der Waals surface area contributed by atoms with E-state index in [1.807, 2.05) is 7.05 Å². The van der Waals surface area contributed by atoms with Crippen molar-refractivity contribution < 1.29 is 0 Å². The SMILES string of the molecule is CNCc1ccc(-c2ccc3c(c2)CCCC3)cc1Cl. The highest BCUT2D eigenvalue weighted by Gasteiger charge is 2.10. The Bertz CT molecular complexity index is 619. The summed E-state index contributed by atoms with van der Waals surface area (Å²) in [5.74, 6) is 0. The summed E-state index contributed by atoms with van der Waals surface area (Å²) in [6.45, 7) is 0.809. The third-order valence-electron chi connectivity index (χ3n) is 4.10. The number of halogens is 1. The van der Waals surface area contributed by atoms with Gasteiger partial charge in [-0.25, -0.2) is 0 Å². The van der Waals surface area contributed by atoms with Crippen LogP contribution in [0.1, 0.15) is 29.5 Å². The lowest BCUT2D eigenvalue weighted by atomic mass is 9.89. The van der Waals surface area contributed by atoms with Gasteiger partial charge >= 0.3 is 0 Å². The monoisotopic (exact) mass is 285 g/mol. The molecule has 104 valence electrons. The average Bonchev–Trinajstić information content (AvgIpc) is 2.49. The quantitative estimate of drug-likeness (QED) is 0.869. The molecule has 0 amide bonds. The van der Waals surface area contributed by atoms with Crippen LogP contribution in [0.4, 0.5) is 0 Å². The molecule has 1 aliphatic carbocycles. The van der Waals surface area contributed by atoms with Crippen LogP contribution < -0.4 is 5.32 Å². The van der Waals surface area contributed by atoms with Crippen molar-refractivity contribution in [2.75, 3.05) is 7.05 Å². The van der Waals surface area contributed by atoms with Gasteiger partial charge in [-0.1, -0.05) is 41.9 Å². The lowest BCUT2D eigenvalue weighted by molar-refractivity contribution is 0.686. The molecule has 0 aliphatic heterocycles. The van der Waals surface area contributed by atoms with Gasteiger partial charge in [0.15, 0.2) is 0 Å². The second-order valence-corrected chi connectivity index (χ2v) is 5.93. The summed E-state index contributed by atoms with van der Waals surface area (Å²) in [6.07, 6.45) is 5.10. The van der Waals surface area contributed by atoms with Crippen molar-refractivity contribution in [2.45, 2.75) is 32.2 Å². The van der Waals surface area contributed by atoms with Crippen molar-refractivity contribution in [2.24, 2.45) is 0 Å². The molecule has 3 rings (SSSR count). The maximum atomic E-state index is 6.36. The van der Waals surface area contributed by atoms with E-state index in [2.05, 4.69) is 41.7 Å². The largest absolute Gasteiger partial charge is 0.316 e. The topological polar surface area (TPSA) is 12.0 Å². The standard InChI is InChI=1S/C18H20ClN/c1-20-12-17-9-8-16(11-18(17)19)15-7-6-13-4-2-3-5-14(13)10-15/h6-11,20H,2-5,12H2,1H3. The molecule has 1 nitrogen and oxygen atoms in total. The highest BCUT2D eigenvalue weighted by Crippen LogP contribution is 2.30. The fraction of sp³-hybridized carbons (Fsp3) is 0.333. The first kappa shape index (κ1) is 13.7. The average molecular weight is 286 g/mol. The predicted molar refractivity (Wildman–Crippen MR) is 86.3 cm³/mol. The van der Waals surface area contributed by atoms with E-state index >= 15 is 0 Å². The molecule has 2 heteroatoms. The van der Waals surface area contributed by atoms with E-state index in [1.54, 1.807) is 0 Å². The summed E-state index contributed by atoms with van der Waals surface area (Å²) in [6, 6.07) is 13.2. The first-order valence-electron chi connectivity index (χ1n) is 7.33. The predicted octanol–water partition coefficient (Wildman–Crippen LogP) is 4.61. The maximum absolute atomic E-state index is 6.36. The molecule has 0 unspecified atom stereocenters. The summed E-state index contributed by atoms with van der Waals surface area (Å²) in [4.78, 5) is 0. The molecule has 2 aromatic rings. The summed E-state index contributed by atoms with van der Waals surface area (Å²) in [5, 5.41) is 3.98. The van der Waals surface area contributed by atoms with Gasteiger partial charge in [-0.2, -0.15) is 0 Å². The third-order valence-corrected chi connectivity index (χ3v) is 4.45. The zero-order valence-corrected chi connectivity index (χ0v) is 12.6. The Balaban J connectivity index is 1.94. The van der Waals surface area contributed by atoms with E-state index < -0.39 is 0 Å². The Morgan fingerprint density at radius 1 is 0.950 bits per heavy atom. The van der Waals surface area contributed by atoms with Crippen LogP contribution in [0.25, 0.3) is 11.1 Å². The number of hydrogen-bond acceptors (Lipinski definition) is 1. The first-order chi connectivity index (χ1) is 9.78. The zero-order chi connectivity index (χ0) is 13.9. The molecule has 20 heavy (non-hydrogen) atoms. The van der Waals surface area contributed by atoms with Crippen molar-refractivity contribution in [3.63, 3.8) is 0 Å². The van der Waals surface area contributed by atoms with E-state index in [4.69, 9.17) is 11.6 Å². The summed E-state index contributed by atoms with van der Waals surface area (Å²) < 4.78 is 0. The Morgan fingerprint density at radius 3 is 2.40 bits per heavy atom. The molecule has 0 spiro atoms.